The maximum absolute atomic E-state index is 12.9. The van der Waals surface area contributed by atoms with Gasteiger partial charge in [-0.1, -0.05) is 11.6 Å². The molecular formula is C14H18ClNO6S2. The summed E-state index contributed by atoms with van der Waals surface area (Å²) in [6, 6.07) is 4.68. The summed E-state index contributed by atoms with van der Waals surface area (Å²) in [5.41, 5.74) is 0. The fourth-order valence-electron chi connectivity index (χ4n) is 2.49. The van der Waals surface area contributed by atoms with Crippen molar-refractivity contribution >= 4 is 37.4 Å². The van der Waals surface area contributed by atoms with E-state index in [4.69, 9.17) is 16.3 Å². The van der Waals surface area contributed by atoms with Crippen LogP contribution in [-0.2, 0) is 29.4 Å². The maximum Gasteiger partial charge on any atom is 0.321 e. The first-order chi connectivity index (χ1) is 11.2. The highest BCUT2D eigenvalue weighted by Gasteiger charge is 2.40. The first kappa shape index (κ1) is 19.2. The maximum atomic E-state index is 12.9. The molecular weight excluding hydrogens is 378 g/mol. The average molecular weight is 396 g/mol. The lowest BCUT2D eigenvalue weighted by atomic mass is 10.2. The number of sulfonamides is 1. The van der Waals surface area contributed by atoms with Gasteiger partial charge in [0.05, 0.1) is 23.0 Å². The molecule has 7 nitrogen and oxygen atoms in total. The Morgan fingerprint density at radius 3 is 2.46 bits per heavy atom. The van der Waals surface area contributed by atoms with Crippen molar-refractivity contribution in [1.29, 1.82) is 0 Å². The number of hydrogen-bond donors (Lipinski definition) is 0. The zero-order valence-corrected chi connectivity index (χ0v) is 15.4. The second-order valence-corrected chi connectivity index (χ2v) is 9.92. The lowest BCUT2D eigenvalue weighted by molar-refractivity contribution is -0.143. The number of ether oxygens (including phenoxy) is 1. The van der Waals surface area contributed by atoms with Crippen molar-refractivity contribution < 1.29 is 26.4 Å². The van der Waals surface area contributed by atoms with Gasteiger partial charge in [-0.05, 0) is 37.6 Å². The van der Waals surface area contributed by atoms with Gasteiger partial charge in [-0.2, -0.15) is 4.31 Å². The van der Waals surface area contributed by atoms with Gasteiger partial charge in [0.15, 0.2) is 9.84 Å². The van der Waals surface area contributed by atoms with Gasteiger partial charge >= 0.3 is 5.97 Å². The zero-order valence-electron chi connectivity index (χ0n) is 13.0. The molecule has 10 heteroatoms. The van der Waals surface area contributed by atoms with E-state index < -0.39 is 38.4 Å². The average Bonchev–Trinajstić information content (AvgIpc) is 2.85. The number of rotatable bonds is 6. The van der Waals surface area contributed by atoms with Crippen LogP contribution < -0.4 is 0 Å². The molecule has 1 saturated heterocycles. The lowest BCUT2D eigenvalue weighted by Crippen LogP contribution is -2.44. The van der Waals surface area contributed by atoms with Crippen LogP contribution in [0.4, 0.5) is 0 Å². The molecule has 1 aliphatic rings. The third-order valence-corrected chi connectivity index (χ3v) is 7.54. The standard InChI is InChI=1S/C14H18ClNO6S2/c1-2-22-14(17)9-16(12-7-8-23(18,19)10-12)24(20,21)13-5-3-11(15)4-6-13/h3-6,12H,2,7-10H2,1H3/t12-/m1/s1. The molecule has 1 atom stereocenters. The summed E-state index contributed by atoms with van der Waals surface area (Å²) in [6.45, 7) is 1.19. The Kier molecular flexibility index (Phi) is 5.90. The van der Waals surface area contributed by atoms with Crippen LogP contribution in [-0.4, -0.2) is 57.8 Å². The first-order valence-electron chi connectivity index (χ1n) is 7.29. The highest BCUT2D eigenvalue weighted by Crippen LogP contribution is 2.25. The number of nitrogens with zero attached hydrogens (tertiary/aromatic N) is 1. The number of benzene rings is 1. The van der Waals surface area contributed by atoms with Crippen LogP contribution in [0.1, 0.15) is 13.3 Å². The topological polar surface area (TPSA) is 97.8 Å². The highest BCUT2D eigenvalue weighted by atomic mass is 35.5. The Balaban J connectivity index is 2.37. The molecule has 0 N–H and O–H groups in total. The summed E-state index contributed by atoms with van der Waals surface area (Å²) in [5.74, 6) is -1.13. The molecule has 1 aliphatic heterocycles. The number of carbonyl (C=O) groups is 1. The predicted molar refractivity (Wildman–Crippen MR) is 89.0 cm³/mol. The van der Waals surface area contributed by atoms with Gasteiger partial charge in [0, 0.05) is 11.1 Å². The summed E-state index contributed by atoms with van der Waals surface area (Å²) in [5, 5.41) is 0.370. The van der Waals surface area contributed by atoms with Crippen molar-refractivity contribution in [1.82, 2.24) is 4.31 Å². The van der Waals surface area contributed by atoms with Crippen molar-refractivity contribution in [3.05, 3.63) is 29.3 Å². The molecule has 0 aromatic heterocycles. The van der Waals surface area contributed by atoms with E-state index >= 15 is 0 Å². The van der Waals surface area contributed by atoms with Crippen LogP contribution in [0, 0.1) is 0 Å². The van der Waals surface area contributed by atoms with Crippen molar-refractivity contribution in [2.24, 2.45) is 0 Å². The van der Waals surface area contributed by atoms with E-state index in [0.29, 0.717) is 5.02 Å². The van der Waals surface area contributed by atoms with Gasteiger partial charge in [0.2, 0.25) is 10.0 Å². The third-order valence-electron chi connectivity index (χ3n) is 3.63. The van der Waals surface area contributed by atoms with Crippen molar-refractivity contribution in [2.75, 3.05) is 24.7 Å². The monoisotopic (exact) mass is 395 g/mol. The summed E-state index contributed by atoms with van der Waals surface area (Å²) in [6.07, 6.45) is 0.147. The Morgan fingerprint density at radius 2 is 1.96 bits per heavy atom. The normalized spacial score (nSPS) is 20.2. The minimum atomic E-state index is -4.06. The molecule has 0 amide bonds. The second kappa shape index (κ2) is 7.38. The number of carbonyl (C=O) groups excluding carboxylic acids is 1. The lowest BCUT2D eigenvalue weighted by Gasteiger charge is -2.26. The highest BCUT2D eigenvalue weighted by molar-refractivity contribution is 7.92. The van der Waals surface area contributed by atoms with Gasteiger partial charge < -0.3 is 4.74 Å². The molecule has 0 radical (unpaired) electrons. The molecule has 1 aromatic rings. The first-order valence-corrected chi connectivity index (χ1v) is 10.9. The second-order valence-electron chi connectivity index (χ2n) is 5.37. The largest absolute Gasteiger partial charge is 0.465 e. The summed E-state index contributed by atoms with van der Waals surface area (Å²) >= 11 is 5.77. The van der Waals surface area contributed by atoms with Gasteiger partial charge in [0.1, 0.15) is 6.54 Å². The number of sulfone groups is 1. The van der Waals surface area contributed by atoms with E-state index in [-0.39, 0.29) is 29.4 Å². The smallest absolute Gasteiger partial charge is 0.321 e. The minimum Gasteiger partial charge on any atom is -0.465 e. The van der Waals surface area contributed by atoms with Crippen LogP contribution in [0.2, 0.25) is 5.02 Å². The van der Waals surface area contributed by atoms with Gasteiger partial charge in [0.25, 0.3) is 0 Å². The molecule has 24 heavy (non-hydrogen) atoms. The van der Waals surface area contributed by atoms with Crippen LogP contribution in [0.25, 0.3) is 0 Å². The van der Waals surface area contributed by atoms with E-state index in [0.717, 1.165) is 4.31 Å². The van der Waals surface area contributed by atoms with Gasteiger partial charge in [-0.15, -0.1) is 0 Å². The summed E-state index contributed by atoms with van der Waals surface area (Å²) in [7, 11) is -7.37. The van der Waals surface area contributed by atoms with Crippen LogP contribution in [0.15, 0.2) is 29.2 Å². The number of esters is 1. The van der Waals surface area contributed by atoms with Crippen molar-refractivity contribution in [3.8, 4) is 0 Å². The molecule has 0 unspecified atom stereocenters. The fraction of sp³-hybridized carbons (Fsp3) is 0.500. The molecule has 1 aromatic carbocycles. The Bertz CT molecular complexity index is 804. The fourth-order valence-corrected chi connectivity index (χ4v) is 6.04. The van der Waals surface area contributed by atoms with Gasteiger partial charge in [-0.3, -0.25) is 4.79 Å². The van der Waals surface area contributed by atoms with Crippen LogP contribution >= 0.6 is 11.6 Å². The molecule has 0 spiro atoms. The third kappa shape index (κ3) is 4.47. The number of hydrogen-bond acceptors (Lipinski definition) is 6. The van der Waals surface area contributed by atoms with E-state index in [1.165, 1.54) is 24.3 Å². The van der Waals surface area contributed by atoms with Crippen molar-refractivity contribution in [2.45, 2.75) is 24.3 Å². The molecule has 0 aliphatic carbocycles. The van der Waals surface area contributed by atoms with E-state index in [1.807, 2.05) is 0 Å². The number of halogens is 1. The Hall–Kier alpha value is -1.16. The van der Waals surface area contributed by atoms with Gasteiger partial charge in [-0.25, -0.2) is 16.8 Å². The predicted octanol–water partition coefficient (Wildman–Crippen LogP) is 1.08. The van der Waals surface area contributed by atoms with Crippen molar-refractivity contribution in [3.63, 3.8) is 0 Å². The summed E-state index contributed by atoms with van der Waals surface area (Å²) < 4.78 is 54.9. The molecule has 0 bridgehead atoms. The summed E-state index contributed by atoms with van der Waals surface area (Å²) in [4.78, 5) is 11.7. The molecule has 134 valence electrons. The van der Waals surface area contributed by atoms with Crippen LogP contribution in [0.3, 0.4) is 0 Å². The van der Waals surface area contributed by atoms with Crippen LogP contribution in [0.5, 0.6) is 0 Å². The SMILES string of the molecule is CCOC(=O)CN([C@@H]1CCS(=O)(=O)C1)S(=O)(=O)c1ccc(Cl)cc1. The molecule has 2 rings (SSSR count). The molecule has 1 heterocycles. The van der Waals surface area contributed by atoms with E-state index in [2.05, 4.69) is 0 Å². The zero-order chi connectivity index (χ0) is 18.0. The Morgan fingerprint density at radius 1 is 1.33 bits per heavy atom. The minimum absolute atomic E-state index is 0.0551. The quantitative estimate of drug-likeness (QED) is 0.668. The molecule has 1 fully saturated rings. The Labute approximate surface area is 146 Å². The molecule has 0 saturated carbocycles. The van der Waals surface area contributed by atoms with E-state index in [9.17, 15) is 21.6 Å². The van der Waals surface area contributed by atoms with E-state index in [1.54, 1.807) is 6.92 Å².